The molecule has 0 radical (unpaired) electrons. The SMILES string of the molecule is O=C(CSc1nnnn1Cc1ccccc1)Nc1ccc(F)cc1. The van der Waals surface area contributed by atoms with Crippen LogP contribution in [0.25, 0.3) is 0 Å². The Morgan fingerprint density at radius 3 is 2.62 bits per heavy atom. The van der Waals surface area contributed by atoms with Gasteiger partial charge >= 0.3 is 0 Å². The summed E-state index contributed by atoms with van der Waals surface area (Å²) in [6.07, 6.45) is 0. The van der Waals surface area contributed by atoms with E-state index in [4.69, 9.17) is 0 Å². The van der Waals surface area contributed by atoms with Gasteiger partial charge in [-0.3, -0.25) is 4.79 Å². The van der Waals surface area contributed by atoms with E-state index in [-0.39, 0.29) is 17.5 Å². The van der Waals surface area contributed by atoms with Gasteiger partial charge in [-0.2, -0.15) is 0 Å². The van der Waals surface area contributed by atoms with Gasteiger partial charge in [0.2, 0.25) is 11.1 Å². The Bertz CT molecular complexity index is 807. The average Bonchev–Trinajstić information content (AvgIpc) is 3.03. The van der Waals surface area contributed by atoms with Crippen LogP contribution in [0.1, 0.15) is 5.56 Å². The van der Waals surface area contributed by atoms with Gasteiger partial charge in [0.25, 0.3) is 0 Å². The lowest BCUT2D eigenvalue weighted by atomic mass is 10.2. The molecule has 1 aromatic heterocycles. The fourth-order valence-corrected chi connectivity index (χ4v) is 2.69. The molecule has 0 saturated carbocycles. The Balaban J connectivity index is 1.56. The van der Waals surface area contributed by atoms with E-state index < -0.39 is 0 Å². The van der Waals surface area contributed by atoms with Crippen LogP contribution in [0.15, 0.2) is 59.8 Å². The van der Waals surface area contributed by atoms with Crippen molar-refractivity contribution >= 4 is 23.4 Å². The molecule has 0 spiro atoms. The second-order valence-corrected chi connectivity index (χ2v) is 5.89. The second kappa shape index (κ2) is 7.69. The highest BCUT2D eigenvalue weighted by Crippen LogP contribution is 2.16. The van der Waals surface area contributed by atoms with Gasteiger partial charge in [0.05, 0.1) is 12.3 Å². The van der Waals surface area contributed by atoms with Crippen LogP contribution >= 0.6 is 11.8 Å². The number of aromatic nitrogens is 4. The van der Waals surface area contributed by atoms with Crippen LogP contribution in [-0.2, 0) is 11.3 Å². The van der Waals surface area contributed by atoms with Crippen molar-refractivity contribution in [2.24, 2.45) is 0 Å². The Hall–Kier alpha value is -2.74. The molecule has 1 heterocycles. The number of tetrazole rings is 1. The summed E-state index contributed by atoms with van der Waals surface area (Å²) in [5.74, 6) is -0.393. The second-order valence-electron chi connectivity index (χ2n) is 4.95. The maximum absolute atomic E-state index is 12.8. The van der Waals surface area contributed by atoms with Crippen molar-refractivity contribution in [2.45, 2.75) is 11.7 Å². The zero-order valence-corrected chi connectivity index (χ0v) is 13.4. The van der Waals surface area contributed by atoms with Crippen LogP contribution < -0.4 is 5.32 Å². The molecule has 0 unspecified atom stereocenters. The van der Waals surface area contributed by atoms with E-state index in [9.17, 15) is 9.18 Å². The van der Waals surface area contributed by atoms with Crippen molar-refractivity contribution in [1.29, 1.82) is 0 Å². The van der Waals surface area contributed by atoms with Crippen LogP contribution in [0.4, 0.5) is 10.1 Å². The van der Waals surface area contributed by atoms with E-state index in [2.05, 4.69) is 20.8 Å². The fourth-order valence-electron chi connectivity index (χ4n) is 2.02. The molecule has 0 aliphatic rings. The van der Waals surface area contributed by atoms with E-state index in [1.165, 1.54) is 36.0 Å². The normalized spacial score (nSPS) is 10.5. The Kier molecular flexibility index (Phi) is 5.17. The first-order valence-electron chi connectivity index (χ1n) is 7.19. The molecule has 0 atom stereocenters. The third-order valence-corrected chi connectivity index (χ3v) is 4.09. The lowest BCUT2D eigenvalue weighted by molar-refractivity contribution is -0.113. The summed E-state index contributed by atoms with van der Waals surface area (Å²) >= 11 is 1.24. The molecule has 122 valence electrons. The summed E-state index contributed by atoms with van der Waals surface area (Å²) in [6, 6.07) is 15.4. The molecule has 8 heteroatoms. The quantitative estimate of drug-likeness (QED) is 0.697. The zero-order valence-electron chi connectivity index (χ0n) is 12.6. The van der Waals surface area contributed by atoms with Crippen LogP contribution in [0.3, 0.4) is 0 Å². The predicted molar refractivity (Wildman–Crippen MR) is 89.1 cm³/mol. The van der Waals surface area contributed by atoms with Gasteiger partial charge in [0, 0.05) is 5.69 Å². The van der Waals surface area contributed by atoms with Gasteiger partial charge in [0.1, 0.15) is 5.82 Å². The molecule has 3 rings (SSSR count). The molecule has 3 aromatic rings. The molecule has 0 saturated heterocycles. The number of carbonyl (C=O) groups excluding carboxylic acids is 1. The molecule has 0 bridgehead atoms. The first-order chi connectivity index (χ1) is 11.7. The topological polar surface area (TPSA) is 72.7 Å². The van der Waals surface area contributed by atoms with E-state index in [0.717, 1.165) is 5.56 Å². The molecule has 0 aliphatic carbocycles. The number of hydrogen-bond donors (Lipinski definition) is 1. The summed E-state index contributed by atoms with van der Waals surface area (Å²) in [5, 5.41) is 14.8. The number of halogens is 1. The Morgan fingerprint density at radius 2 is 1.88 bits per heavy atom. The lowest BCUT2D eigenvalue weighted by Gasteiger charge is -2.06. The number of rotatable bonds is 6. The molecule has 24 heavy (non-hydrogen) atoms. The highest BCUT2D eigenvalue weighted by atomic mass is 32.2. The highest BCUT2D eigenvalue weighted by Gasteiger charge is 2.10. The summed E-state index contributed by atoms with van der Waals surface area (Å²) in [5.41, 5.74) is 1.62. The van der Waals surface area contributed by atoms with E-state index in [0.29, 0.717) is 17.4 Å². The molecule has 0 aliphatic heterocycles. The molecular weight excluding hydrogens is 329 g/mol. The minimum absolute atomic E-state index is 0.159. The van der Waals surface area contributed by atoms with E-state index in [1.54, 1.807) is 4.68 Å². The zero-order chi connectivity index (χ0) is 16.8. The summed E-state index contributed by atoms with van der Waals surface area (Å²) in [4.78, 5) is 12.0. The van der Waals surface area contributed by atoms with Crippen LogP contribution in [0.5, 0.6) is 0 Å². The van der Waals surface area contributed by atoms with Crippen molar-refractivity contribution in [3.05, 3.63) is 66.0 Å². The molecule has 1 amide bonds. The molecule has 1 N–H and O–H groups in total. The minimum Gasteiger partial charge on any atom is -0.325 e. The largest absolute Gasteiger partial charge is 0.325 e. The first kappa shape index (κ1) is 16.1. The van der Waals surface area contributed by atoms with Crippen molar-refractivity contribution in [3.8, 4) is 0 Å². The molecule has 0 fully saturated rings. The summed E-state index contributed by atoms with van der Waals surface area (Å²) in [7, 11) is 0. The minimum atomic E-state index is -0.345. The van der Waals surface area contributed by atoms with Gasteiger partial charge in [-0.1, -0.05) is 42.1 Å². The Morgan fingerprint density at radius 1 is 1.12 bits per heavy atom. The monoisotopic (exact) mass is 343 g/mol. The number of nitrogens with one attached hydrogen (secondary N) is 1. The van der Waals surface area contributed by atoms with Crippen molar-refractivity contribution in [2.75, 3.05) is 11.1 Å². The maximum atomic E-state index is 12.8. The number of nitrogens with zero attached hydrogens (tertiary/aromatic N) is 4. The number of carbonyl (C=O) groups is 1. The molecule has 6 nitrogen and oxygen atoms in total. The van der Waals surface area contributed by atoms with Crippen molar-refractivity contribution in [1.82, 2.24) is 20.2 Å². The van der Waals surface area contributed by atoms with Crippen LogP contribution in [0.2, 0.25) is 0 Å². The Labute approximate surface area is 142 Å². The summed E-state index contributed by atoms with van der Waals surface area (Å²) in [6.45, 7) is 0.537. The predicted octanol–water partition coefficient (Wildman–Crippen LogP) is 2.59. The number of hydrogen-bond acceptors (Lipinski definition) is 5. The average molecular weight is 343 g/mol. The van der Waals surface area contributed by atoms with E-state index in [1.807, 2.05) is 30.3 Å². The third-order valence-electron chi connectivity index (χ3n) is 3.13. The smallest absolute Gasteiger partial charge is 0.234 e. The van der Waals surface area contributed by atoms with Crippen LogP contribution in [-0.4, -0.2) is 31.9 Å². The number of anilines is 1. The lowest BCUT2D eigenvalue weighted by Crippen LogP contribution is -2.14. The van der Waals surface area contributed by atoms with Crippen molar-refractivity contribution < 1.29 is 9.18 Å². The summed E-state index contributed by atoms with van der Waals surface area (Å²) < 4.78 is 14.5. The van der Waals surface area contributed by atoms with Gasteiger partial charge in [-0.15, -0.1) is 5.10 Å². The fraction of sp³-hybridized carbons (Fsp3) is 0.125. The number of benzene rings is 2. The van der Waals surface area contributed by atoms with Gasteiger partial charge in [-0.25, -0.2) is 9.07 Å². The number of thioether (sulfide) groups is 1. The van der Waals surface area contributed by atoms with Gasteiger partial charge in [0.15, 0.2) is 0 Å². The first-order valence-corrected chi connectivity index (χ1v) is 8.17. The van der Waals surface area contributed by atoms with Crippen molar-refractivity contribution in [3.63, 3.8) is 0 Å². The molecular formula is C16H14FN5OS. The standard InChI is InChI=1S/C16H14FN5OS/c17-13-6-8-14(9-7-13)18-15(23)11-24-16-19-20-21-22(16)10-12-4-2-1-3-5-12/h1-9H,10-11H2,(H,18,23). The van der Waals surface area contributed by atoms with Gasteiger partial charge in [-0.05, 0) is 40.3 Å². The van der Waals surface area contributed by atoms with Gasteiger partial charge < -0.3 is 5.32 Å². The van der Waals surface area contributed by atoms with E-state index >= 15 is 0 Å². The third kappa shape index (κ3) is 4.39. The molecule has 2 aromatic carbocycles. The van der Waals surface area contributed by atoms with Crippen LogP contribution in [0, 0.1) is 5.82 Å². The highest BCUT2D eigenvalue weighted by molar-refractivity contribution is 7.99. The maximum Gasteiger partial charge on any atom is 0.234 e. The number of amides is 1.